The number of rotatable bonds is 0. The van der Waals surface area contributed by atoms with E-state index in [-0.39, 0.29) is 5.91 Å². The quantitative estimate of drug-likeness (QED) is 0.506. The van der Waals surface area contributed by atoms with Crippen molar-refractivity contribution in [2.45, 2.75) is 19.3 Å². The topological polar surface area (TPSA) is 29.1 Å². The predicted molar refractivity (Wildman–Crippen MR) is 41.1 cm³/mol. The van der Waals surface area contributed by atoms with Crippen molar-refractivity contribution in [3.63, 3.8) is 0 Å². The number of hydrogen-bond acceptors (Lipinski definition) is 1. The van der Waals surface area contributed by atoms with Gasteiger partial charge in [-0.15, -0.1) is 0 Å². The number of hydrogen-bond donors (Lipinski definition) is 1. The number of nitrogens with one attached hydrogen (secondary N) is 1. The molecule has 0 unspecified atom stereocenters. The smallest absolute Gasteiger partial charge is 0.265 e. The molecule has 1 N–H and O–H groups in total. The van der Waals surface area contributed by atoms with Crippen LogP contribution in [0, 0.1) is 0 Å². The van der Waals surface area contributed by atoms with Crippen molar-refractivity contribution in [3.8, 4) is 0 Å². The largest absolute Gasteiger partial charge is 0.294 e. The van der Waals surface area contributed by atoms with Gasteiger partial charge < -0.3 is 0 Å². The maximum absolute atomic E-state index is 10.9. The van der Waals surface area contributed by atoms with Crippen LogP contribution < -0.4 is 5.43 Å². The molecule has 1 amide bonds. The predicted octanol–water partition coefficient (Wildman–Crippen LogP) is 0.546. The summed E-state index contributed by atoms with van der Waals surface area (Å²) < 4.78 is 0.707. The molecule has 0 radical (unpaired) electrons. The van der Waals surface area contributed by atoms with E-state index in [2.05, 4.69) is 5.43 Å². The molecule has 2 aliphatic heterocycles. The van der Waals surface area contributed by atoms with Gasteiger partial charge in [0.05, 0.1) is 6.08 Å². The first kappa shape index (κ1) is 6.85. The second kappa shape index (κ2) is 2.34. The zero-order chi connectivity index (χ0) is 7.73. The van der Waals surface area contributed by atoms with Crippen LogP contribution >= 0.6 is 0 Å². The van der Waals surface area contributed by atoms with Gasteiger partial charge in [-0.1, -0.05) is 0 Å². The van der Waals surface area contributed by atoms with Crippen LogP contribution in [-0.4, -0.2) is 23.6 Å². The lowest BCUT2D eigenvalue weighted by atomic mass is 10.1. The van der Waals surface area contributed by atoms with E-state index in [1.165, 1.54) is 19.3 Å². The highest BCUT2D eigenvalue weighted by molar-refractivity contribution is 5.87. The lowest BCUT2D eigenvalue weighted by Crippen LogP contribution is -2.55. The fourth-order valence-corrected chi connectivity index (χ4v) is 1.84. The van der Waals surface area contributed by atoms with Crippen molar-refractivity contribution < 1.29 is 9.39 Å². The molecule has 11 heavy (non-hydrogen) atoms. The molecule has 0 aliphatic carbocycles. The molecule has 0 aromatic rings. The van der Waals surface area contributed by atoms with Gasteiger partial charge in [0.15, 0.2) is 0 Å². The number of nitrogens with zero attached hydrogens (tertiary/aromatic N) is 1. The molecule has 3 nitrogen and oxygen atoms in total. The van der Waals surface area contributed by atoms with E-state index < -0.39 is 0 Å². The Bertz CT molecular complexity index is 204. The fourth-order valence-electron chi connectivity index (χ4n) is 1.84. The van der Waals surface area contributed by atoms with E-state index >= 15 is 0 Å². The third-order valence-electron chi connectivity index (χ3n) is 2.46. The van der Waals surface area contributed by atoms with Crippen LogP contribution in [0.25, 0.3) is 0 Å². The second-order valence-corrected chi connectivity index (χ2v) is 3.33. The van der Waals surface area contributed by atoms with Gasteiger partial charge in [0.2, 0.25) is 0 Å². The summed E-state index contributed by atoms with van der Waals surface area (Å²) in [5.74, 6) is 0.0619. The highest BCUT2D eigenvalue weighted by Crippen LogP contribution is 2.19. The summed E-state index contributed by atoms with van der Waals surface area (Å²) in [6, 6.07) is 0. The summed E-state index contributed by atoms with van der Waals surface area (Å²) >= 11 is 0. The van der Waals surface area contributed by atoms with Gasteiger partial charge in [-0.05, 0) is 19.3 Å². The first-order valence-corrected chi connectivity index (χ1v) is 4.19. The minimum absolute atomic E-state index is 0.0619. The minimum Gasteiger partial charge on any atom is -0.265 e. The van der Waals surface area contributed by atoms with Gasteiger partial charge in [0.1, 0.15) is 19.3 Å². The fraction of sp³-hybridized carbons (Fsp3) is 0.625. The first-order chi connectivity index (χ1) is 5.31. The van der Waals surface area contributed by atoms with E-state index in [4.69, 9.17) is 0 Å². The molecule has 0 atom stereocenters. The molecule has 0 bridgehead atoms. The average molecular weight is 153 g/mol. The average Bonchev–Trinajstić information content (AvgIpc) is 2.34. The van der Waals surface area contributed by atoms with Crippen LogP contribution in [0.1, 0.15) is 19.3 Å². The minimum atomic E-state index is 0.0619. The summed E-state index contributed by atoms with van der Waals surface area (Å²) in [5.41, 5.74) is 2.96. The third-order valence-corrected chi connectivity index (χ3v) is 2.46. The normalized spacial score (nSPS) is 27.5. The Morgan fingerprint density at radius 3 is 2.55 bits per heavy atom. The third kappa shape index (κ3) is 1.16. The Hall–Kier alpha value is -0.830. The van der Waals surface area contributed by atoms with Crippen LogP contribution in [0.4, 0.5) is 0 Å². The van der Waals surface area contributed by atoms with Gasteiger partial charge in [-0.3, -0.25) is 4.79 Å². The molecular weight excluding hydrogens is 140 g/mol. The number of quaternary nitrogens is 1. The molecule has 2 heterocycles. The summed E-state index contributed by atoms with van der Waals surface area (Å²) in [5, 5.41) is 0. The van der Waals surface area contributed by atoms with Gasteiger partial charge in [-0.25, -0.2) is 0 Å². The van der Waals surface area contributed by atoms with E-state index in [1.54, 1.807) is 6.08 Å². The maximum Gasteiger partial charge on any atom is 0.294 e. The van der Waals surface area contributed by atoms with Gasteiger partial charge in [-0.2, -0.15) is 10.0 Å². The molecule has 2 aliphatic rings. The Balaban J connectivity index is 2.10. The standard InChI is InChI=1S/C8H12N2O/c11-8-4-7-10(9-8)5-2-1-3-6-10/h4,7H,1-3,5-6H2/p+1. The molecule has 1 saturated heterocycles. The van der Waals surface area contributed by atoms with E-state index in [9.17, 15) is 4.79 Å². The summed E-state index contributed by atoms with van der Waals surface area (Å²) in [4.78, 5) is 10.9. The van der Waals surface area contributed by atoms with Crippen molar-refractivity contribution in [1.82, 2.24) is 5.43 Å². The molecular formula is C8H13N2O+. The van der Waals surface area contributed by atoms with Crippen molar-refractivity contribution >= 4 is 5.91 Å². The van der Waals surface area contributed by atoms with Crippen LogP contribution in [-0.2, 0) is 4.79 Å². The highest BCUT2D eigenvalue weighted by Gasteiger charge is 2.33. The van der Waals surface area contributed by atoms with Crippen molar-refractivity contribution in [3.05, 3.63) is 12.3 Å². The van der Waals surface area contributed by atoms with Crippen molar-refractivity contribution in [2.75, 3.05) is 13.1 Å². The molecule has 0 aromatic carbocycles. The van der Waals surface area contributed by atoms with Crippen molar-refractivity contribution in [1.29, 1.82) is 0 Å². The van der Waals surface area contributed by atoms with Crippen LogP contribution in [0.15, 0.2) is 12.3 Å². The lowest BCUT2D eigenvalue weighted by molar-refractivity contribution is -0.915. The number of piperidine rings is 1. The van der Waals surface area contributed by atoms with Crippen LogP contribution in [0.2, 0.25) is 0 Å². The summed E-state index contributed by atoms with van der Waals surface area (Å²) in [6.07, 6.45) is 7.39. The lowest BCUT2D eigenvalue weighted by Gasteiger charge is -2.33. The van der Waals surface area contributed by atoms with Gasteiger partial charge in [0.25, 0.3) is 5.91 Å². The van der Waals surface area contributed by atoms with E-state index in [1.807, 2.05) is 6.20 Å². The zero-order valence-corrected chi connectivity index (χ0v) is 6.55. The first-order valence-electron chi connectivity index (χ1n) is 4.19. The Morgan fingerprint density at radius 1 is 1.27 bits per heavy atom. The summed E-state index contributed by atoms with van der Waals surface area (Å²) in [7, 11) is 0. The number of amides is 1. The van der Waals surface area contributed by atoms with Gasteiger partial charge in [0, 0.05) is 0 Å². The van der Waals surface area contributed by atoms with Gasteiger partial charge >= 0.3 is 0 Å². The Morgan fingerprint density at radius 2 is 2.00 bits per heavy atom. The molecule has 0 aromatic heterocycles. The molecule has 0 saturated carbocycles. The second-order valence-electron chi connectivity index (χ2n) is 3.33. The Kier molecular flexibility index (Phi) is 1.46. The summed E-state index contributed by atoms with van der Waals surface area (Å²) in [6.45, 7) is 2.14. The number of carbonyl (C=O) groups is 1. The zero-order valence-electron chi connectivity index (χ0n) is 6.55. The molecule has 2 rings (SSSR count). The van der Waals surface area contributed by atoms with Crippen LogP contribution in [0.5, 0.6) is 0 Å². The monoisotopic (exact) mass is 153 g/mol. The molecule has 60 valence electrons. The Labute approximate surface area is 66.2 Å². The highest BCUT2D eigenvalue weighted by atomic mass is 16.2. The maximum atomic E-state index is 10.9. The molecule has 3 heteroatoms. The van der Waals surface area contributed by atoms with Crippen LogP contribution in [0.3, 0.4) is 0 Å². The molecule has 1 spiro atoms. The van der Waals surface area contributed by atoms with E-state index in [0.29, 0.717) is 4.59 Å². The van der Waals surface area contributed by atoms with Crippen molar-refractivity contribution in [2.24, 2.45) is 0 Å². The SMILES string of the molecule is O=C1C=C[N+]2(CCCCC2)N1. The van der Waals surface area contributed by atoms with E-state index in [0.717, 1.165) is 13.1 Å². The number of carbonyl (C=O) groups excluding carboxylic acids is 1. The molecule has 1 fully saturated rings.